The summed E-state index contributed by atoms with van der Waals surface area (Å²) in [5, 5.41) is 7.83. The molecule has 0 spiro atoms. The molecule has 9 heteroatoms. The lowest BCUT2D eigenvalue weighted by atomic mass is 10.2. The van der Waals surface area contributed by atoms with Crippen molar-refractivity contribution in [3.63, 3.8) is 0 Å². The molecule has 1 aliphatic rings. The molecule has 1 saturated heterocycles. The van der Waals surface area contributed by atoms with E-state index in [-0.39, 0.29) is 18.5 Å². The first-order valence-electron chi connectivity index (χ1n) is 9.06. The van der Waals surface area contributed by atoms with Crippen LogP contribution in [0.1, 0.15) is 12.1 Å². The zero-order chi connectivity index (χ0) is 19.5. The van der Waals surface area contributed by atoms with Crippen LogP contribution in [-0.2, 0) is 11.3 Å². The summed E-state index contributed by atoms with van der Waals surface area (Å²) in [7, 11) is 0. The molecule has 0 radical (unpaired) electrons. The van der Waals surface area contributed by atoms with Gasteiger partial charge in [0, 0.05) is 49.5 Å². The van der Waals surface area contributed by atoms with Crippen LogP contribution >= 0.6 is 11.6 Å². The van der Waals surface area contributed by atoms with E-state index in [4.69, 9.17) is 11.6 Å². The standard InChI is InChI=1S/C19H20ClN7O/c1-13-16(20)11-27(25-13)12-18(28)23-15-5-8-26(10-15)19-22-7-4-17(24-19)14-3-2-6-21-9-14/h2-4,6-7,9,11,15H,5,8,10,12H2,1H3,(H,23,28). The summed E-state index contributed by atoms with van der Waals surface area (Å²) in [6.07, 6.45) is 7.76. The molecule has 28 heavy (non-hydrogen) atoms. The molecule has 1 unspecified atom stereocenters. The largest absolute Gasteiger partial charge is 0.350 e. The Kier molecular flexibility index (Phi) is 5.21. The van der Waals surface area contributed by atoms with Crippen LogP contribution in [0.4, 0.5) is 5.95 Å². The van der Waals surface area contributed by atoms with E-state index in [2.05, 4.69) is 30.3 Å². The molecule has 8 nitrogen and oxygen atoms in total. The fourth-order valence-electron chi connectivity index (χ4n) is 3.23. The number of hydrogen-bond acceptors (Lipinski definition) is 6. The van der Waals surface area contributed by atoms with Crippen molar-refractivity contribution in [2.24, 2.45) is 0 Å². The average molecular weight is 398 g/mol. The molecule has 1 atom stereocenters. The summed E-state index contributed by atoms with van der Waals surface area (Å²) < 4.78 is 1.56. The molecule has 144 valence electrons. The van der Waals surface area contributed by atoms with E-state index < -0.39 is 0 Å². The van der Waals surface area contributed by atoms with Crippen LogP contribution in [0.3, 0.4) is 0 Å². The molecule has 0 bridgehead atoms. The van der Waals surface area contributed by atoms with E-state index in [0.717, 1.165) is 24.2 Å². The predicted molar refractivity (Wildman–Crippen MR) is 106 cm³/mol. The maximum Gasteiger partial charge on any atom is 0.242 e. The summed E-state index contributed by atoms with van der Waals surface area (Å²) in [6.45, 7) is 3.41. The van der Waals surface area contributed by atoms with Crippen LogP contribution in [0, 0.1) is 6.92 Å². The van der Waals surface area contributed by atoms with Crippen LogP contribution in [0.2, 0.25) is 5.02 Å². The normalized spacial score (nSPS) is 16.4. The maximum atomic E-state index is 12.3. The molecule has 3 aromatic heterocycles. The lowest BCUT2D eigenvalue weighted by Crippen LogP contribution is -2.39. The number of aryl methyl sites for hydroxylation is 1. The van der Waals surface area contributed by atoms with Gasteiger partial charge < -0.3 is 10.2 Å². The van der Waals surface area contributed by atoms with Gasteiger partial charge in [0.05, 0.1) is 16.4 Å². The predicted octanol–water partition coefficient (Wildman–Crippen LogP) is 2.09. The van der Waals surface area contributed by atoms with Gasteiger partial charge in [-0.15, -0.1) is 0 Å². The molecule has 0 aromatic carbocycles. The summed E-state index contributed by atoms with van der Waals surface area (Å²) in [5.74, 6) is 0.573. The van der Waals surface area contributed by atoms with Gasteiger partial charge in [-0.2, -0.15) is 5.10 Å². The minimum atomic E-state index is -0.0870. The number of anilines is 1. The minimum Gasteiger partial charge on any atom is -0.350 e. The van der Waals surface area contributed by atoms with Gasteiger partial charge in [-0.3, -0.25) is 14.5 Å². The second-order valence-electron chi connectivity index (χ2n) is 6.74. The van der Waals surface area contributed by atoms with Crippen molar-refractivity contribution in [2.45, 2.75) is 25.9 Å². The Labute approximate surface area is 167 Å². The molecule has 1 N–H and O–H groups in total. The number of pyridine rings is 1. The summed E-state index contributed by atoms with van der Waals surface area (Å²) >= 11 is 5.99. The van der Waals surface area contributed by atoms with Crippen LogP contribution in [0.5, 0.6) is 0 Å². The minimum absolute atomic E-state index is 0.0466. The van der Waals surface area contributed by atoms with E-state index in [1.807, 2.05) is 25.1 Å². The van der Waals surface area contributed by atoms with Crippen molar-refractivity contribution in [3.05, 3.63) is 53.7 Å². The van der Waals surface area contributed by atoms with Crippen molar-refractivity contribution in [3.8, 4) is 11.3 Å². The fourth-order valence-corrected chi connectivity index (χ4v) is 3.38. The average Bonchev–Trinajstić information content (AvgIpc) is 3.29. The van der Waals surface area contributed by atoms with Gasteiger partial charge in [0.15, 0.2) is 0 Å². The van der Waals surface area contributed by atoms with E-state index in [1.54, 1.807) is 29.5 Å². The molecule has 4 heterocycles. The molecular formula is C19H20ClN7O. The summed E-state index contributed by atoms with van der Waals surface area (Å²) in [5.41, 5.74) is 2.49. The zero-order valence-electron chi connectivity index (χ0n) is 15.4. The van der Waals surface area contributed by atoms with Gasteiger partial charge >= 0.3 is 0 Å². The second kappa shape index (κ2) is 7.93. The van der Waals surface area contributed by atoms with E-state index >= 15 is 0 Å². The van der Waals surface area contributed by atoms with Crippen molar-refractivity contribution in [1.29, 1.82) is 0 Å². The van der Waals surface area contributed by atoms with Crippen LogP contribution in [-0.4, -0.2) is 49.8 Å². The molecule has 1 aliphatic heterocycles. The van der Waals surface area contributed by atoms with Gasteiger partial charge in [0.2, 0.25) is 11.9 Å². The SMILES string of the molecule is Cc1nn(CC(=O)NC2CCN(c3nccc(-c4cccnc4)n3)C2)cc1Cl. The Morgan fingerprint density at radius 3 is 3.00 bits per heavy atom. The lowest BCUT2D eigenvalue weighted by molar-refractivity contribution is -0.122. The topological polar surface area (TPSA) is 88.8 Å². The molecule has 1 fully saturated rings. The Balaban J connectivity index is 1.37. The highest BCUT2D eigenvalue weighted by Crippen LogP contribution is 2.21. The van der Waals surface area contributed by atoms with Gasteiger partial charge in [0.25, 0.3) is 0 Å². The first-order chi connectivity index (χ1) is 13.6. The van der Waals surface area contributed by atoms with Gasteiger partial charge in [0.1, 0.15) is 6.54 Å². The number of carbonyl (C=O) groups excluding carboxylic acids is 1. The monoisotopic (exact) mass is 397 g/mol. The van der Waals surface area contributed by atoms with Crippen molar-refractivity contribution < 1.29 is 4.79 Å². The van der Waals surface area contributed by atoms with Gasteiger partial charge in [-0.05, 0) is 31.5 Å². The smallest absolute Gasteiger partial charge is 0.242 e. The third-order valence-electron chi connectivity index (χ3n) is 4.63. The third kappa shape index (κ3) is 4.12. The highest BCUT2D eigenvalue weighted by Gasteiger charge is 2.26. The first-order valence-corrected chi connectivity index (χ1v) is 9.43. The van der Waals surface area contributed by atoms with E-state index in [9.17, 15) is 4.79 Å². The molecule has 0 aliphatic carbocycles. The number of carbonyl (C=O) groups is 1. The molecular weight excluding hydrogens is 378 g/mol. The molecule has 4 rings (SSSR count). The Bertz CT molecular complexity index is 956. The third-order valence-corrected chi connectivity index (χ3v) is 5.00. The maximum absolute atomic E-state index is 12.3. The van der Waals surface area contributed by atoms with Crippen LogP contribution < -0.4 is 10.2 Å². The summed E-state index contributed by atoms with van der Waals surface area (Å²) in [6, 6.07) is 5.76. The quantitative estimate of drug-likeness (QED) is 0.709. The number of aromatic nitrogens is 5. The lowest BCUT2D eigenvalue weighted by Gasteiger charge is -2.17. The number of nitrogens with zero attached hydrogens (tertiary/aromatic N) is 6. The van der Waals surface area contributed by atoms with E-state index in [1.165, 1.54) is 0 Å². The van der Waals surface area contributed by atoms with Crippen molar-refractivity contribution in [1.82, 2.24) is 30.0 Å². The van der Waals surface area contributed by atoms with Crippen LogP contribution in [0.25, 0.3) is 11.3 Å². The summed E-state index contributed by atoms with van der Waals surface area (Å²) in [4.78, 5) is 27.6. The number of nitrogens with one attached hydrogen (secondary N) is 1. The van der Waals surface area contributed by atoms with Gasteiger partial charge in [-0.1, -0.05) is 11.6 Å². The Hall–Kier alpha value is -3.00. The van der Waals surface area contributed by atoms with Crippen molar-refractivity contribution in [2.75, 3.05) is 18.0 Å². The number of halogens is 1. The van der Waals surface area contributed by atoms with E-state index in [0.29, 0.717) is 23.2 Å². The number of amides is 1. The second-order valence-corrected chi connectivity index (χ2v) is 7.15. The van der Waals surface area contributed by atoms with Crippen LogP contribution in [0.15, 0.2) is 43.0 Å². The number of hydrogen-bond donors (Lipinski definition) is 1. The Morgan fingerprint density at radius 1 is 1.36 bits per heavy atom. The van der Waals surface area contributed by atoms with Crippen molar-refractivity contribution >= 4 is 23.5 Å². The number of rotatable bonds is 5. The Morgan fingerprint density at radius 2 is 2.25 bits per heavy atom. The zero-order valence-corrected chi connectivity index (χ0v) is 16.2. The highest BCUT2D eigenvalue weighted by atomic mass is 35.5. The first kappa shape index (κ1) is 18.4. The fraction of sp³-hybridized carbons (Fsp3) is 0.316. The highest BCUT2D eigenvalue weighted by molar-refractivity contribution is 6.31. The molecule has 3 aromatic rings. The molecule has 1 amide bonds. The van der Waals surface area contributed by atoms with Gasteiger partial charge in [-0.25, -0.2) is 9.97 Å². The molecule has 0 saturated carbocycles.